The Hall–Kier alpha value is -2.62. The number of carbonyl (C=O) groups is 4. The van der Waals surface area contributed by atoms with Crippen LogP contribution in [-0.4, -0.2) is 45.8 Å². The molecule has 0 aliphatic carbocycles. The average molecular weight is 528 g/mol. The van der Waals surface area contributed by atoms with E-state index in [4.69, 9.17) is 18.9 Å². The van der Waals surface area contributed by atoms with Crippen LogP contribution in [-0.2, 0) is 20.8 Å². The van der Waals surface area contributed by atoms with Gasteiger partial charge in [0.2, 0.25) is 0 Å². The highest BCUT2D eigenvalue weighted by molar-refractivity contribution is 9.10. The summed E-state index contributed by atoms with van der Waals surface area (Å²) < 4.78 is 21.5. The molecule has 1 heterocycles. The van der Waals surface area contributed by atoms with Gasteiger partial charge in [-0.1, -0.05) is 0 Å². The summed E-state index contributed by atoms with van der Waals surface area (Å²) in [6.07, 6.45) is -1.90. The van der Waals surface area contributed by atoms with Crippen molar-refractivity contribution < 1.29 is 38.1 Å². The van der Waals surface area contributed by atoms with Crippen LogP contribution in [0.3, 0.4) is 0 Å². The summed E-state index contributed by atoms with van der Waals surface area (Å²) >= 11 is 3.26. The fourth-order valence-corrected chi connectivity index (χ4v) is 3.37. The van der Waals surface area contributed by atoms with Gasteiger partial charge in [0.05, 0.1) is 11.0 Å². The Morgan fingerprint density at radius 1 is 0.879 bits per heavy atom. The van der Waals surface area contributed by atoms with Crippen LogP contribution in [0.4, 0.5) is 9.59 Å². The molecule has 1 aromatic carbocycles. The van der Waals surface area contributed by atoms with E-state index in [0.717, 1.165) is 4.90 Å². The summed E-state index contributed by atoms with van der Waals surface area (Å²) in [5.41, 5.74) is -2.42. The van der Waals surface area contributed by atoms with E-state index in [1.165, 1.54) is 6.07 Å². The van der Waals surface area contributed by atoms with Gasteiger partial charge in [-0.05, 0) is 84.3 Å². The molecular formula is C23H30BrNO8. The zero-order valence-electron chi connectivity index (χ0n) is 20.4. The molecule has 33 heavy (non-hydrogen) atoms. The van der Waals surface area contributed by atoms with Gasteiger partial charge < -0.3 is 18.9 Å². The summed E-state index contributed by atoms with van der Waals surface area (Å²) in [5.74, 6) is -1.64. The van der Waals surface area contributed by atoms with Crippen LogP contribution in [0.2, 0.25) is 0 Å². The Labute approximate surface area is 201 Å². The lowest BCUT2D eigenvalue weighted by Gasteiger charge is -2.24. The molecule has 182 valence electrons. The van der Waals surface area contributed by atoms with E-state index in [1.54, 1.807) is 62.3 Å². The normalized spacial score (nSPS) is 14.0. The first kappa shape index (κ1) is 26.6. The van der Waals surface area contributed by atoms with E-state index >= 15 is 0 Å². The molecule has 2 amide bonds. The Morgan fingerprint density at radius 3 is 1.88 bits per heavy atom. The largest absolute Gasteiger partial charge is 0.514 e. The smallest absolute Gasteiger partial charge is 0.456 e. The molecule has 0 radical (unpaired) electrons. The maximum Gasteiger partial charge on any atom is 0.514 e. The first-order valence-corrected chi connectivity index (χ1v) is 11.1. The van der Waals surface area contributed by atoms with Crippen molar-refractivity contribution in [1.82, 2.24) is 4.90 Å². The second kappa shape index (κ2) is 8.96. The van der Waals surface area contributed by atoms with Gasteiger partial charge in [-0.15, -0.1) is 0 Å². The lowest BCUT2D eigenvalue weighted by molar-refractivity contribution is 0.00540. The van der Waals surface area contributed by atoms with E-state index in [-0.39, 0.29) is 33.5 Å². The van der Waals surface area contributed by atoms with Gasteiger partial charge >= 0.3 is 18.2 Å². The fourth-order valence-electron chi connectivity index (χ4n) is 2.86. The second-order valence-corrected chi connectivity index (χ2v) is 11.4. The second-order valence-electron chi connectivity index (χ2n) is 10.5. The minimum atomic E-state index is -1.04. The number of ether oxygens (including phenoxy) is 4. The van der Waals surface area contributed by atoms with E-state index in [0.29, 0.717) is 0 Å². The van der Waals surface area contributed by atoms with Gasteiger partial charge in [-0.2, -0.15) is 0 Å². The van der Waals surface area contributed by atoms with Crippen LogP contribution in [0, 0.1) is 0 Å². The zero-order valence-corrected chi connectivity index (χ0v) is 22.0. The SMILES string of the molecule is CC(C)(C)OC(=O)Oc1c(Br)cc2c(c1C(=O)OC(C)(C)C)CN(C(=O)OC(C)(C)C)C2=O. The van der Waals surface area contributed by atoms with Crippen molar-refractivity contribution in [3.8, 4) is 5.75 Å². The molecular weight excluding hydrogens is 498 g/mol. The standard InChI is InChI=1S/C23H30BrNO8/c1-21(2,3)31-18(27)15-13-11-25(19(28)32-22(4,5)6)17(26)12(13)10-14(24)16(15)30-20(29)33-23(7,8)9/h10H,11H2,1-9H3. The fraction of sp³-hybridized carbons (Fsp3) is 0.565. The highest BCUT2D eigenvalue weighted by atomic mass is 79.9. The highest BCUT2D eigenvalue weighted by Gasteiger charge is 2.41. The Kier molecular flexibility index (Phi) is 7.23. The summed E-state index contributed by atoms with van der Waals surface area (Å²) in [7, 11) is 0. The van der Waals surface area contributed by atoms with Crippen molar-refractivity contribution in [2.45, 2.75) is 85.7 Å². The highest BCUT2D eigenvalue weighted by Crippen LogP contribution is 2.40. The third kappa shape index (κ3) is 6.93. The molecule has 2 rings (SSSR count). The van der Waals surface area contributed by atoms with Crippen molar-refractivity contribution in [2.24, 2.45) is 0 Å². The van der Waals surface area contributed by atoms with Crippen LogP contribution in [0.5, 0.6) is 5.75 Å². The number of rotatable bonds is 2. The number of hydrogen-bond acceptors (Lipinski definition) is 8. The van der Waals surface area contributed by atoms with Crippen LogP contribution < -0.4 is 4.74 Å². The molecule has 0 spiro atoms. The molecule has 0 atom stereocenters. The molecule has 0 unspecified atom stereocenters. The lowest BCUT2D eigenvalue weighted by Crippen LogP contribution is -2.36. The van der Waals surface area contributed by atoms with Gasteiger partial charge in [-0.3, -0.25) is 4.79 Å². The van der Waals surface area contributed by atoms with Crippen LogP contribution >= 0.6 is 15.9 Å². The summed E-state index contributed by atoms with van der Waals surface area (Å²) in [5, 5.41) is 0. The number of nitrogens with zero attached hydrogens (tertiary/aromatic N) is 1. The van der Waals surface area contributed by atoms with Crippen molar-refractivity contribution in [2.75, 3.05) is 0 Å². The number of imide groups is 1. The number of hydrogen-bond donors (Lipinski definition) is 0. The van der Waals surface area contributed by atoms with Crippen molar-refractivity contribution in [3.05, 3.63) is 27.2 Å². The van der Waals surface area contributed by atoms with E-state index in [2.05, 4.69) is 15.9 Å². The average Bonchev–Trinajstić information content (AvgIpc) is 2.87. The zero-order chi connectivity index (χ0) is 25.5. The molecule has 0 N–H and O–H groups in total. The van der Waals surface area contributed by atoms with Gasteiger partial charge in [-0.25, -0.2) is 19.3 Å². The van der Waals surface area contributed by atoms with Gasteiger partial charge in [0.25, 0.3) is 5.91 Å². The monoisotopic (exact) mass is 527 g/mol. The van der Waals surface area contributed by atoms with E-state index < -0.39 is 40.9 Å². The predicted molar refractivity (Wildman–Crippen MR) is 122 cm³/mol. The van der Waals surface area contributed by atoms with Crippen molar-refractivity contribution in [1.29, 1.82) is 0 Å². The summed E-state index contributed by atoms with van der Waals surface area (Å²) in [6.45, 7) is 14.8. The number of amides is 2. The van der Waals surface area contributed by atoms with E-state index in [9.17, 15) is 19.2 Å². The van der Waals surface area contributed by atoms with Gasteiger partial charge in [0.15, 0.2) is 5.75 Å². The number of esters is 1. The Morgan fingerprint density at radius 2 is 1.39 bits per heavy atom. The summed E-state index contributed by atoms with van der Waals surface area (Å²) in [4.78, 5) is 52.0. The molecule has 1 aliphatic heterocycles. The number of halogens is 1. The molecule has 1 aliphatic rings. The van der Waals surface area contributed by atoms with Gasteiger partial charge in [0.1, 0.15) is 22.4 Å². The van der Waals surface area contributed by atoms with Crippen LogP contribution in [0.15, 0.2) is 10.5 Å². The topological polar surface area (TPSA) is 108 Å². The predicted octanol–water partition coefficient (Wildman–Crippen LogP) is 5.61. The molecule has 0 aromatic heterocycles. The summed E-state index contributed by atoms with van der Waals surface area (Å²) in [6, 6.07) is 1.38. The van der Waals surface area contributed by atoms with Crippen molar-refractivity contribution in [3.63, 3.8) is 0 Å². The Balaban J connectivity index is 2.58. The Bertz CT molecular complexity index is 996. The van der Waals surface area contributed by atoms with Gasteiger partial charge in [0, 0.05) is 11.1 Å². The third-order valence-corrected chi connectivity index (χ3v) is 4.51. The van der Waals surface area contributed by atoms with E-state index in [1.807, 2.05) is 0 Å². The maximum absolute atomic E-state index is 13.2. The van der Waals surface area contributed by atoms with Crippen LogP contribution in [0.25, 0.3) is 0 Å². The number of fused-ring (bicyclic) bond motifs is 1. The first-order chi connectivity index (χ1) is 14.8. The maximum atomic E-state index is 13.2. The molecule has 9 nitrogen and oxygen atoms in total. The first-order valence-electron chi connectivity index (χ1n) is 10.3. The van der Waals surface area contributed by atoms with Crippen LogP contribution in [0.1, 0.15) is 88.6 Å². The minimum absolute atomic E-state index is 0.0881. The lowest BCUT2D eigenvalue weighted by atomic mass is 10.0. The molecule has 0 saturated heterocycles. The number of carbonyl (C=O) groups excluding carboxylic acids is 4. The minimum Gasteiger partial charge on any atom is -0.456 e. The third-order valence-electron chi connectivity index (χ3n) is 3.93. The van der Waals surface area contributed by atoms with Crippen molar-refractivity contribution >= 4 is 40.1 Å². The molecule has 0 fully saturated rings. The quantitative estimate of drug-likeness (QED) is 0.277. The molecule has 1 aromatic rings. The molecule has 0 bridgehead atoms. The molecule has 0 saturated carbocycles. The number of benzene rings is 1. The molecule has 10 heteroatoms.